The Kier molecular flexibility index (Phi) is 4.27. The molecule has 0 aliphatic carbocycles. The molecule has 0 unspecified atom stereocenters. The van der Waals surface area contributed by atoms with Crippen molar-refractivity contribution >= 4 is 6.21 Å². The molecule has 0 bridgehead atoms. The van der Waals surface area contributed by atoms with Gasteiger partial charge in [-0.3, -0.25) is 15.2 Å². The molecule has 0 fully saturated rings. The monoisotopic (exact) mass is 177 g/mol. The van der Waals surface area contributed by atoms with E-state index in [9.17, 15) is 0 Å². The van der Waals surface area contributed by atoms with E-state index in [2.05, 4.69) is 9.98 Å². The Bertz CT molecular complexity index is 245. The minimum absolute atomic E-state index is 0.358. The zero-order chi connectivity index (χ0) is 9.36. The van der Waals surface area contributed by atoms with Crippen molar-refractivity contribution in [2.75, 3.05) is 6.67 Å². The fourth-order valence-corrected chi connectivity index (χ4v) is 0.689. The number of hydrogen-bond acceptors (Lipinski definition) is 4. The average Bonchev–Trinajstić information content (AvgIpc) is 2.22. The van der Waals surface area contributed by atoms with Crippen LogP contribution in [0.4, 0.5) is 0 Å². The van der Waals surface area contributed by atoms with Crippen LogP contribution in [0.2, 0.25) is 0 Å². The van der Waals surface area contributed by atoms with Crippen LogP contribution in [0.15, 0.2) is 47.9 Å². The number of aliphatic imine (C=N–C) groups is 1. The van der Waals surface area contributed by atoms with Crippen LogP contribution in [0.1, 0.15) is 0 Å². The first-order valence-electron chi connectivity index (χ1n) is 3.87. The van der Waals surface area contributed by atoms with Gasteiger partial charge in [-0.25, -0.2) is 5.06 Å². The molecule has 0 saturated carbocycles. The summed E-state index contributed by atoms with van der Waals surface area (Å²) >= 11 is 0. The molecule has 0 radical (unpaired) electrons. The molecule has 0 aromatic carbocycles. The van der Waals surface area contributed by atoms with Gasteiger partial charge in [0.1, 0.15) is 6.67 Å². The number of allylic oxidation sites excluding steroid dienone is 1. The second-order valence-corrected chi connectivity index (χ2v) is 2.28. The highest BCUT2D eigenvalue weighted by Gasteiger charge is 1.89. The van der Waals surface area contributed by atoms with Crippen LogP contribution >= 0.6 is 0 Å². The molecule has 2 rings (SSSR count). The van der Waals surface area contributed by atoms with Crippen LogP contribution in [0.3, 0.4) is 0 Å². The molecule has 1 aromatic heterocycles. The van der Waals surface area contributed by atoms with Crippen molar-refractivity contribution in [3.8, 4) is 0 Å². The highest BCUT2D eigenvalue weighted by Crippen LogP contribution is 1.87. The van der Waals surface area contributed by atoms with Crippen LogP contribution in [0.5, 0.6) is 0 Å². The van der Waals surface area contributed by atoms with Gasteiger partial charge in [0.2, 0.25) is 0 Å². The normalized spacial score (nSPS) is 13.5. The summed E-state index contributed by atoms with van der Waals surface area (Å²) in [6.07, 6.45) is 8.36. The lowest BCUT2D eigenvalue weighted by atomic mass is 10.5. The maximum Gasteiger partial charge on any atom is 0.134 e. The number of pyridine rings is 1. The van der Waals surface area contributed by atoms with Gasteiger partial charge in [0.25, 0.3) is 0 Å². The van der Waals surface area contributed by atoms with E-state index in [0.717, 1.165) is 5.06 Å². The molecule has 0 amide bonds. The van der Waals surface area contributed by atoms with Gasteiger partial charge in [0.05, 0.1) is 0 Å². The molecule has 0 spiro atoms. The smallest absolute Gasteiger partial charge is 0.134 e. The summed E-state index contributed by atoms with van der Waals surface area (Å²) in [6.45, 7) is 0.358. The van der Waals surface area contributed by atoms with E-state index in [4.69, 9.17) is 5.21 Å². The van der Waals surface area contributed by atoms with Crippen LogP contribution in [0.25, 0.3) is 0 Å². The fraction of sp³-hybridized carbons (Fsp3) is 0.111. The van der Waals surface area contributed by atoms with Crippen molar-refractivity contribution in [1.29, 1.82) is 0 Å². The Balaban J connectivity index is 0.000000132. The van der Waals surface area contributed by atoms with Crippen molar-refractivity contribution in [3.05, 3.63) is 42.9 Å². The van der Waals surface area contributed by atoms with Gasteiger partial charge in [-0.15, -0.1) is 0 Å². The highest BCUT2D eigenvalue weighted by atomic mass is 16.5. The van der Waals surface area contributed by atoms with Crippen molar-refractivity contribution in [2.24, 2.45) is 4.99 Å². The third kappa shape index (κ3) is 4.71. The lowest BCUT2D eigenvalue weighted by Gasteiger charge is -2.08. The Labute approximate surface area is 76.8 Å². The first kappa shape index (κ1) is 9.41. The van der Waals surface area contributed by atoms with Gasteiger partial charge in [0.15, 0.2) is 0 Å². The van der Waals surface area contributed by atoms with Crippen LogP contribution < -0.4 is 0 Å². The van der Waals surface area contributed by atoms with Gasteiger partial charge < -0.3 is 0 Å². The summed E-state index contributed by atoms with van der Waals surface area (Å²) in [5.74, 6) is 0. The van der Waals surface area contributed by atoms with Gasteiger partial charge >= 0.3 is 0 Å². The molecular formula is C9H11N3O. The summed E-state index contributed by atoms with van der Waals surface area (Å²) in [5, 5.41) is 9.56. The standard InChI is InChI=1S/C5H5N.C4H6N2O/c1-2-4-6-5-3-1;7-6-3-1-2-5-4-6/h1-5H;1-3,7H,4H2. The van der Waals surface area contributed by atoms with Crippen molar-refractivity contribution < 1.29 is 5.21 Å². The summed E-state index contributed by atoms with van der Waals surface area (Å²) in [6, 6.07) is 5.72. The second kappa shape index (κ2) is 5.91. The van der Waals surface area contributed by atoms with Gasteiger partial charge in [-0.05, 0) is 18.2 Å². The Morgan fingerprint density at radius 1 is 1.15 bits per heavy atom. The lowest BCUT2D eigenvalue weighted by molar-refractivity contribution is -0.0384. The van der Waals surface area contributed by atoms with E-state index in [1.165, 1.54) is 0 Å². The zero-order valence-corrected chi connectivity index (χ0v) is 7.11. The SMILES string of the molecule is ON1C=CC=NC1.c1ccncc1. The second-order valence-electron chi connectivity index (χ2n) is 2.28. The van der Waals surface area contributed by atoms with Crippen LogP contribution in [-0.2, 0) is 0 Å². The number of hydrogen-bond donors (Lipinski definition) is 1. The molecule has 1 aliphatic heterocycles. The maximum absolute atomic E-state index is 8.54. The lowest BCUT2D eigenvalue weighted by Crippen LogP contribution is -2.13. The number of aromatic nitrogens is 1. The van der Waals surface area contributed by atoms with Gasteiger partial charge in [-0.2, -0.15) is 0 Å². The molecule has 0 saturated heterocycles. The van der Waals surface area contributed by atoms with Gasteiger partial charge in [0, 0.05) is 24.8 Å². The molecule has 1 aliphatic rings. The fourth-order valence-electron chi connectivity index (χ4n) is 0.689. The molecule has 4 nitrogen and oxygen atoms in total. The third-order valence-corrected chi connectivity index (χ3v) is 1.24. The summed E-state index contributed by atoms with van der Waals surface area (Å²) in [7, 11) is 0. The zero-order valence-electron chi connectivity index (χ0n) is 7.11. The third-order valence-electron chi connectivity index (χ3n) is 1.24. The van der Waals surface area contributed by atoms with Crippen LogP contribution in [0, 0.1) is 0 Å². The van der Waals surface area contributed by atoms with Crippen LogP contribution in [-0.4, -0.2) is 28.1 Å². The van der Waals surface area contributed by atoms with E-state index >= 15 is 0 Å². The van der Waals surface area contributed by atoms with Gasteiger partial charge in [-0.1, -0.05) is 6.07 Å². The average molecular weight is 177 g/mol. The number of rotatable bonds is 0. The van der Waals surface area contributed by atoms with E-state index in [1.807, 2.05) is 18.2 Å². The molecule has 13 heavy (non-hydrogen) atoms. The Hall–Kier alpha value is -1.68. The van der Waals surface area contributed by atoms with Crippen molar-refractivity contribution in [2.45, 2.75) is 0 Å². The van der Waals surface area contributed by atoms with E-state index < -0.39 is 0 Å². The highest BCUT2D eigenvalue weighted by molar-refractivity contribution is 5.71. The first-order valence-corrected chi connectivity index (χ1v) is 3.87. The first-order chi connectivity index (χ1) is 6.39. The van der Waals surface area contributed by atoms with E-state index in [1.54, 1.807) is 30.9 Å². The Morgan fingerprint density at radius 2 is 1.92 bits per heavy atom. The quantitative estimate of drug-likeness (QED) is 0.650. The predicted octanol–water partition coefficient (Wildman–Crippen LogP) is 1.31. The van der Waals surface area contributed by atoms with E-state index in [0.29, 0.717) is 6.67 Å². The minimum Gasteiger partial charge on any atom is -0.287 e. The molecule has 1 N–H and O–H groups in total. The maximum atomic E-state index is 8.54. The molecule has 0 atom stereocenters. The molecule has 68 valence electrons. The molecular weight excluding hydrogens is 166 g/mol. The van der Waals surface area contributed by atoms with Crippen molar-refractivity contribution in [3.63, 3.8) is 0 Å². The summed E-state index contributed by atoms with van der Waals surface area (Å²) in [5.41, 5.74) is 0. The molecule has 2 heterocycles. The largest absolute Gasteiger partial charge is 0.287 e. The van der Waals surface area contributed by atoms with Crippen molar-refractivity contribution in [1.82, 2.24) is 10.0 Å². The summed E-state index contributed by atoms with van der Waals surface area (Å²) < 4.78 is 0. The molecule has 1 aromatic rings. The predicted molar refractivity (Wildman–Crippen MR) is 50.4 cm³/mol. The minimum atomic E-state index is 0.358. The Morgan fingerprint density at radius 3 is 2.15 bits per heavy atom. The topological polar surface area (TPSA) is 48.7 Å². The number of hydroxylamine groups is 2. The summed E-state index contributed by atoms with van der Waals surface area (Å²) in [4.78, 5) is 7.51. The number of nitrogens with zero attached hydrogens (tertiary/aromatic N) is 3. The molecule has 4 heteroatoms. The van der Waals surface area contributed by atoms with E-state index in [-0.39, 0.29) is 0 Å².